The number of carbonyl (C=O) groups excluding carboxylic acids is 1. The SMILES string of the molecule is CC(C)C1CC(=O)N(S(=O)(=O)CCl)C1. The van der Waals surface area contributed by atoms with Gasteiger partial charge in [0.1, 0.15) is 5.21 Å². The molecule has 0 radical (unpaired) electrons. The van der Waals surface area contributed by atoms with Crippen molar-refractivity contribution in [3.8, 4) is 0 Å². The van der Waals surface area contributed by atoms with E-state index >= 15 is 0 Å². The lowest BCUT2D eigenvalue weighted by Gasteiger charge is -2.16. The van der Waals surface area contributed by atoms with Crippen molar-refractivity contribution in [2.45, 2.75) is 20.3 Å². The third-order valence-electron chi connectivity index (χ3n) is 2.53. The van der Waals surface area contributed by atoms with Crippen LogP contribution >= 0.6 is 11.6 Å². The molecule has 0 N–H and O–H groups in total. The molecule has 1 aliphatic rings. The van der Waals surface area contributed by atoms with Crippen LogP contribution < -0.4 is 0 Å². The first-order valence-corrected chi connectivity index (χ1v) is 6.62. The molecule has 0 aliphatic carbocycles. The average molecular weight is 240 g/mol. The van der Waals surface area contributed by atoms with Gasteiger partial charge in [0.15, 0.2) is 0 Å². The van der Waals surface area contributed by atoms with Crippen molar-refractivity contribution in [2.75, 3.05) is 11.8 Å². The van der Waals surface area contributed by atoms with Gasteiger partial charge in [0, 0.05) is 13.0 Å². The highest BCUT2D eigenvalue weighted by molar-refractivity contribution is 7.90. The lowest BCUT2D eigenvalue weighted by molar-refractivity contribution is -0.123. The second kappa shape index (κ2) is 4.06. The van der Waals surface area contributed by atoms with E-state index in [0.717, 1.165) is 4.31 Å². The molecule has 0 bridgehead atoms. The molecule has 82 valence electrons. The van der Waals surface area contributed by atoms with Crippen LogP contribution in [0.2, 0.25) is 0 Å². The monoisotopic (exact) mass is 239 g/mol. The Labute approximate surface area is 89.3 Å². The highest BCUT2D eigenvalue weighted by Gasteiger charge is 2.37. The van der Waals surface area contributed by atoms with E-state index in [-0.39, 0.29) is 18.4 Å². The average Bonchev–Trinajstić information content (AvgIpc) is 2.48. The molecule has 1 unspecified atom stereocenters. The Bertz CT molecular complexity index is 325. The normalized spacial score (nSPS) is 23.6. The molecule has 0 spiro atoms. The summed E-state index contributed by atoms with van der Waals surface area (Å²) in [5, 5.41) is -0.524. The second-order valence-electron chi connectivity index (χ2n) is 3.85. The van der Waals surface area contributed by atoms with Crippen LogP contribution in [0.1, 0.15) is 20.3 Å². The first-order chi connectivity index (χ1) is 6.38. The van der Waals surface area contributed by atoms with Crippen LogP contribution in [-0.4, -0.2) is 30.4 Å². The van der Waals surface area contributed by atoms with Gasteiger partial charge in [0.25, 0.3) is 10.0 Å². The summed E-state index contributed by atoms with van der Waals surface area (Å²) in [4.78, 5) is 11.4. The highest BCUT2D eigenvalue weighted by atomic mass is 35.5. The third-order valence-corrected chi connectivity index (χ3v) is 4.66. The van der Waals surface area contributed by atoms with Crippen molar-refractivity contribution in [2.24, 2.45) is 11.8 Å². The first kappa shape index (κ1) is 11.8. The van der Waals surface area contributed by atoms with Crippen molar-refractivity contribution in [1.29, 1.82) is 0 Å². The Morgan fingerprint density at radius 1 is 1.57 bits per heavy atom. The molecule has 6 heteroatoms. The third kappa shape index (κ3) is 2.20. The summed E-state index contributed by atoms with van der Waals surface area (Å²) in [6.45, 7) is 4.25. The van der Waals surface area contributed by atoms with Crippen LogP contribution in [0.25, 0.3) is 0 Å². The lowest BCUT2D eigenvalue weighted by atomic mass is 9.95. The maximum absolute atomic E-state index is 11.4. The summed E-state index contributed by atoms with van der Waals surface area (Å²) in [6.07, 6.45) is 0.313. The van der Waals surface area contributed by atoms with E-state index < -0.39 is 15.2 Å². The van der Waals surface area contributed by atoms with E-state index in [1.54, 1.807) is 0 Å². The number of carbonyl (C=O) groups is 1. The van der Waals surface area contributed by atoms with E-state index in [1.807, 2.05) is 13.8 Å². The molecule has 1 fully saturated rings. The molecule has 0 aromatic heterocycles. The van der Waals surface area contributed by atoms with Crippen molar-refractivity contribution < 1.29 is 13.2 Å². The molecule has 1 heterocycles. The molecule has 1 atom stereocenters. The standard InChI is InChI=1S/C8H14ClNO3S/c1-6(2)7-3-8(11)10(4-7)14(12,13)5-9/h6-7H,3-5H2,1-2H3. The summed E-state index contributed by atoms with van der Waals surface area (Å²) in [6, 6.07) is 0. The number of hydrogen-bond donors (Lipinski definition) is 0. The van der Waals surface area contributed by atoms with Crippen molar-refractivity contribution >= 4 is 27.5 Å². The van der Waals surface area contributed by atoms with E-state index in [1.165, 1.54) is 0 Å². The quantitative estimate of drug-likeness (QED) is 0.691. The van der Waals surface area contributed by atoms with Crippen LogP contribution in [-0.2, 0) is 14.8 Å². The minimum atomic E-state index is -3.56. The van der Waals surface area contributed by atoms with Gasteiger partial charge in [-0.2, -0.15) is 0 Å². The topological polar surface area (TPSA) is 54.5 Å². The first-order valence-electron chi connectivity index (χ1n) is 4.47. The molecule has 0 aromatic rings. The molecule has 0 saturated carbocycles. The zero-order valence-corrected chi connectivity index (χ0v) is 9.81. The van der Waals surface area contributed by atoms with Crippen molar-refractivity contribution in [3.63, 3.8) is 0 Å². The second-order valence-corrected chi connectivity index (χ2v) is 6.33. The van der Waals surface area contributed by atoms with Gasteiger partial charge in [0.2, 0.25) is 5.91 Å². The molecular formula is C8H14ClNO3S. The van der Waals surface area contributed by atoms with Crippen LogP contribution in [0.3, 0.4) is 0 Å². The zero-order valence-electron chi connectivity index (χ0n) is 8.23. The van der Waals surface area contributed by atoms with Crippen LogP contribution in [0.5, 0.6) is 0 Å². The largest absolute Gasteiger partial charge is 0.274 e. The lowest BCUT2D eigenvalue weighted by Crippen LogP contribution is -2.33. The smallest absolute Gasteiger partial charge is 0.251 e. The van der Waals surface area contributed by atoms with E-state index in [9.17, 15) is 13.2 Å². The number of amides is 1. The van der Waals surface area contributed by atoms with Crippen LogP contribution in [0, 0.1) is 11.8 Å². The molecule has 0 aromatic carbocycles. The minimum absolute atomic E-state index is 0.125. The fourth-order valence-electron chi connectivity index (χ4n) is 1.48. The van der Waals surface area contributed by atoms with Crippen LogP contribution in [0.4, 0.5) is 0 Å². The summed E-state index contributed by atoms with van der Waals surface area (Å²) >= 11 is 5.28. The van der Waals surface area contributed by atoms with E-state index in [2.05, 4.69) is 0 Å². The minimum Gasteiger partial charge on any atom is -0.274 e. The van der Waals surface area contributed by atoms with Gasteiger partial charge in [-0.25, -0.2) is 12.7 Å². The predicted octanol–water partition coefficient (Wildman–Crippen LogP) is 1.02. The zero-order chi connectivity index (χ0) is 10.9. The summed E-state index contributed by atoms with van der Waals surface area (Å²) in [7, 11) is -3.56. The molecule has 14 heavy (non-hydrogen) atoms. The van der Waals surface area contributed by atoms with Gasteiger partial charge >= 0.3 is 0 Å². The van der Waals surface area contributed by atoms with Gasteiger partial charge < -0.3 is 0 Å². The molecule has 1 saturated heterocycles. The summed E-state index contributed by atoms with van der Waals surface area (Å²) in [5.74, 6) is 0.110. The Morgan fingerprint density at radius 3 is 2.50 bits per heavy atom. The predicted molar refractivity (Wildman–Crippen MR) is 54.3 cm³/mol. The Morgan fingerprint density at radius 2 is 2.14 bits per heavy atom. The highest BCUT2D eigenvalue weighted by Crippen LogP contribution is 2.27. The van der Waals surface area contributed by atoms with Gasteiger partial charge in [-0.05, 0) is 11.8 Å². The van der Waals surface area contributed by atoms with Gasteiger partial charge in [0.05, 0.1) is 0 Å². The van der Waals surface area contributed by atoms with Gasteiger partial charge in [-0.1, -0.05) is 13.8 Å². The van der Waals surface area contributed by atoms with E-state index in [4.69, 9.17) is 11.6 Å². The maximum atomic E-state index is 11.4. The van der Waals surface area contributed by atoms with Crippen molar-refractivity contribution in [1.82, 2.24) is 4.31 Å². The molecule has 1 aliphatic heterocycles. The number of hydrogen-bond acceptors (Lipinski definition) is 3. The number of halogens is 1. The molecule has 4 nitrogen and oxygen atoms in total. The van der Waals surface area contributed by atoms with Gasteiger partial charge in [-0.3, -0.25) is 4.79 Å². The fourth-order valence-corrected chi connectivity index (χ4v) is 2.75. The number of nitrogens with zero attached hydrogens (tertiary/aromatic N) is 1. The Balaban J connectivity index is 2.81. The van der Waals surface area contributed by atoms with Crippen LogP contribution in [0.15, 0.2) is 0 Å². The maximum Gasteiger partial charge on any atom is 0.251 e. The van der Waals surface area contributed by atoms with E-state index in [0.29, 0.717) is 12.3 Å². The van der Waals surface area contributed by atoms with Gasteiger partial charge in [-0.15, -0.1) is 11.6 Å². The molecular weight excluding hydrogens is 226 g/mol. The molecule has 1 amide bonds. The number of rotatable bonds is 3. The van der Waals surface area contributed by atoms with Crippen molar-refractivity contribution in [3.05, 3.63) is 0 Å². The molecule has 1 rings (SSSR count). The summed E-state index contributed by atoms with van der Waals surface area (Å²) < 4.78 is 23.6. The Kier molecular flexibility index (Phi) is 3.42. The summed E-state index contributed by atoms with van der Waals surface area (Å²) in [5.41, 5.74) is 0. The fraction of sp³-hybridized carbons (Fsp3) is 0.875. The number of sulfonamides is 1. The number of alkyl halides is 1. The Hall–Kier alpha value is -0.290.